The normalized spacial score (nSPS) is 10.5. The fourth-order valence-electron chi connectivity index (χ4n) is 1.17. The Hall–Kier alpha value is -1.65. The maximum absolute atomic E-state index is 4.09. The van der Waals surface area contributed by atoms with Crippen molar-refractivity contribution < 1.29 is 0 Å². The Balaban J connectivity index is 1.93. The van der Waals surface area contributed by atoms with Crippen LogP contribution in [0.4, 0.5) is 0 Å². The standard InChI is InChI=1S/C8H11N5/c1-12-10-8(9-11-12)4-7-13-5-2-3-6-13/h2-3,5-6H,4,7H2,1H3. The van der Waals surface area contributed by atoms with Gasteiger partial charge in [0.05, 0.1) is 7.05 Å². The van der Waals surface area contributed by atoms with Crippen molar-refractivity contribution in [3.63, 3.8) is 0 Å². The molecule has 0 N–H and O–H groups in total. The van der Waals surface area contributed by atoms with E-state index in [1.54, 1.807) is 7.05 Å². The summed E-state index contributed by atoms with van der Waals surface area (Å²) in [6.45, 7) is 0.901. The van der Waals surface area contributed by atoms with E-state index in [0.717, 1.165) is 18.8 Å². The van der Waals surface area contributed by atoms with E-state index in [-0.39, 0.29) is 0 Å². The van der Waals surface area contributed by atoms with E-state index < -0.39 is 0 Å². The summed E-state index contributed by atoms with van der Waals surface area (Å²) in [4.78, 5) is 1.48. The predicted molar refractivity (Wildman–Crippen MR) is 46.9 cm³/mol. The van der Waals surface area contributed by atoms with Gasteiger partial charge in [-0.3, -0.25) is 0 Å². The van der Waals surface area contributed by atoms with Crippen LogP contribution >= 0.6 is 0 Å². The molecule has 2 aromatic heterocycles. The number of tetrazole rings is 1. The maximum Gasteiger partial charge on any atom is 0.176 e. The molecule has 2 heterocycles. The molecule has 5 nitrogen and oxygen atoms in total. The molecule has 0 aliphatic heterocycles. The summed E-state index contributed by atoms with van der Waals surface area (Å²) in [5.41, 5.74) is 0. The molecular weight excluding hydrogens is 166 g/mol. The van der Waals surface area contributed by atoms with Crippen LogP contribution < -0.4 is 0 Å². The summed E-state index contributed by atoms with van der Waals surface area (Å²) in [5, 5.41) is 11.8. The van der Waals surface area contributed by atoms with Crippen molar-refractivity contribution in [2.45, 2.75) is 13.0 Å². The van der Waals surface area contributed by atoms with Crippen LogP contribution in [0.1, 0.15) is 5.82 Å². The highest BCUT2D eigenvalue weighted by Crippen LogP contribution is 1.94. The smallest absolute Gasteiger partial charge is 0.176 e. The van der Waals surface area contributed by atoms with Crippen LogP contribution in [-0.2, 0) is 20.0 Å². The molecule has 13 heavy (non-hydrogen) atoms. The third kappa shape index (κ3) is 1.93. The summed E-state index contributed by atoms with van der Waals surface area (Å²) in [6.07, 6.45) is 4.87. The van der Waals surface area contributed by atoms with Crippen molar-refractivity contribution in [3.05, 3.63) is 30.4 Å². The minimum atomic E-state index is 0.788. The van der Waals surface area contributed by atoms with E-state index in [1.807, 2.05) is 24.5 Å². The molecular formula is C8H11N5. The van der Waals surface area contributed by atoms with Crippen molar-refractivity contribution in [1.29, 1.82) is 0 Å². The van der Waals surface area contributed by atoms with Crippen LogP contribution in [0.3, 0.4) is 0 Å². The molecule has 0 saturated heterocycles. The highest BCUT2D eigenvalue weighted by atomic mass is 15.6. The van der Waals surface area contributed by atoms with Gasteiger partial charge in [-0.25, -0.2) is 0 Å². The topological polar surface area (TPSA) is 48.5 Å². The summed E-state index contributed by atoms with van der Waals surface area (Å²) in [6, 6.07) is 4.01. The molecule has 0 aliphatic rings. The minimum Gasteiger partial charge on any atom is -0.354 e. The van der Waals surface area contributed by atoms with Gasteiger partial charge < -0.3 is 4.57 Å². The lowest BCUT2D eigenvalue weighted by Crippen LogP contribution is -2.00. The van der Waals surface area contributed by atoms with Gasteiger partial charge in [0.15, 0.2) is 5.82 Å². The zero-order chi connectivity index (χ0) is 9.10. The van der Waals surface area contributed by atoms with Gasteiger partial charge in [0.1, 0.15) is 0 Å². The lowest BCUT2D eigenvalue weighted by atomic mass is 10.4. The molecule has 2 rings (SSSR count). The summed E-state index contributed by atoms with van der Waals surface area (Å²) < 4.78 is 2.09. The monoisotopic (exact) mass is 177 g/mol. The molecule has 0 aromatic carbocycles. The van der Waals surface area contributed by atoms with Gasteiger partial charge in [-0.05, 0) is 17.3 Å². The van der Waals surface area contributed by atoms with E-state index >= 15 is 0 Å². The Morgan fingerprint density at radius 3 is 2.69 bits per heavy atom. The SMILES string of the molecule is Cn1nnc(CCn2cccc2)n1. The second-order valence-corrected chi connectivity index (χ2v) is 2.87. The fourth-order valence-corrected chi connectivity index (χ4v) is 1.17. The predicted octanol–water partition coefficient (Wildman–Crippen LogP) is 0.254. The number of rotatable bonds is 3. The van der Waals surface area contributed by atoms with E-state index in [0.29, 0.717) is 0 Å². The van der Waals surface area contributed by atoms with Crippen molar-refractivity contribution in [2.75, 3.05) is 0 Å². The lowest BCUT2D eigenvalue weighted by molar-refractivity contribution is 0.622. The Labute approximate surface area is 76.0 Å². The maximum atomic E-state index is 4.09. The average Bonchev–Trinajstić information content (AvgIpc) is 2.71. The van der Waals surface area contributed by atoms with Gasteiger partial charge in [0, 0.05) is 25.4 Å². The zero-order valence-electron chi connectivity index (χ0n) is 7.46. The first-order valence-electron chi connectivity index (χ1n) is 4.18. The fraction of sp³-hybridized carbons (Fsp3) is 0.375. The average molecular weight is 177 g/mol. The van der Waals surface area contributed by atoms with Crippen LogP contribution in [0, 0.1) is 0 Å². The highest BCUT2D eigenvalue weighted by molar-refractivity contribution is 4.91. The molecule has 0 bridgehead atoms. The molecule has 0 radical (unpaired) electrons. The molecule has 0 amide bonds. The van der Waals surface area contributed by atoms with Crippen LogP contribution in [0.2, 0.25) is 0 Å². The Bertz CT molecular complexity index is 362. The highest BCUT2D eigenvalue weighted by Gasteiger charge is 1.99. The van der Waals surface area contributed by atoms with Gasteiger partial charge in [0.25, 0.3) is 0 Å². The summed E-state index contributed by atoms with van der Waals surface area (Å²) >= 11 is 0. The number of aryl methyl sites for hydroxylation is 3. The zero-order valence-corrected chi connectivity index (χ0v) is 7.46. The molecule has 0 unspecified atom stereocenters. The molecule has 0 fully saturated rings. The molecule has 68 valence electrons. The van der Waals surface area contributed by atoms with Gasteiger partial charge in [-0.1, -0.05) is 0 Å². The number of hydrogen-bond acceptors (Lipinski definition) is 3. The van der Waals surface area contributed by atoms with Crippen LogP contribution in [0.15, 0.2) is 24.5 Å². The molecule has 0 spiro atoms. The Kier molecular flexibility index (Phi) is 2.08. The Morgan fingerprint density at radius 1 is 1.31 bits per heavy atom. The van der Waals surface area contributed by atoms with Gasteiger partial charge in [0.2, 0.25) is 0 Å². The molecule has 0 aliphatic carbocycles. The molecule has 0 saturated carbocycles. The lowest BCUT2D eigenvalue weighted by Gasteiger charge is -1.97. The van der Waals surface area contributed by atoms with Crippen LogP contribution in [0.5, 0.6) is 0 Å². The molecule has 0 atom stereocenters. The van der Waals surface area contributed by atoms with Gasteiger partial charge in [-0.15, -0.1) is 10.2 Å². The third-order valence-corrected chi connectivity index (χ3v) is 1.81. The van der Waals surface area contributed by atoms with Crippen LogP contribution in [-0.4, -0.2) is 24.8 Å². The van der Waals surface area contributed by atoms with E-state index in [1.165, 1.54) is 4.80 Å². The van der Waals surface area contributed by atoms with Crippen molar-refractivity contribution in [2.24, 2.45) is 7.05 Å². The summed E-state index contributed by atoms with van der Waals surface area (Å²) in [7, 11) is 1.77. The number of hydrogen-bond donors (Lipinski definition) is 0. The van der Waals surface area contributed by atoms with Crippen LogP contribution in [0.25, 0.3) is 0 Å². The van der Waals surface area contributed by atoms with Crippen molar-refractivity contribution in [1.82, 2.24) is 24.8 Å². The first-order chi connectivity index (χ1) is 6.34. The third-order valence-electron chi connectivity index (χ3n) is 1.81. The number of nitrogens with zero attached hydrogens (tertiary/aromatic N) is 5. The first kappa shape index (κ1) is 7.97. The molecule has 5 heteroatoms. The van der Waals surface area contributed by atoms with E-state index in [9.17, 15) is 0 Å². The van der Waals surface area contributed by atoms with Gasteiger partial charge >= 0.3 is 0 Å². The van der Waals surface area contributed by atoms with Gasteiger partial charge in [-0.2, -0.15) is 4.80 Å². The minimum absolute atomic E-state index is 0.788. The Morgan fingerprint density at radius 2 is 2.08 bits per heavy atom. The second kappa shape index (κ2) is 3.38. The number of aromatic nitrogens is 5. The summed E-state index contributed by atoms with van der Waals surface area (Å²) in [5.74, 6) is 0.788. The van der Waals surface area contributed by atoms with E-state index in [2.05, 4.69) is 20.0 Å². The molecule has 2 aromatic rings. The first-order valence-corrected chi connectivity index (χ1v) is 4.18. The largest absolute Gasteiger partial charge is 0.354 e. The quantitative estimate of drug-likeness (QED) is 0.675. The van der Waals surface area contributed by atoms with Crippen molar-refractivity contribution >= 4 is 0 Å². The van der Waals surface area contributed by atoms with E-state index in [4.69, 9.17) is 0 Å². The second-order valence-electron chi connectivity index (χ2n) is 2.87. The van der Waals surface area contributed by atoms with Crippen molar-refractivity contribution in [3.8, 4) is 0 Å².